The summed E-state index contributed by atoms with van der Waals surface area (Å²) in [6, 6.07) is 64.7. The van der Waals surface area contributed by atoms with Gasteiger partial charge in [0.25, 0.3) is 0 Å². The Bertz CT molecular complexity index is 3040. The van der Waals surface area contributed by atoms with Gasteiger partial charge in [0.05, 0.1) is 0 Å². The second-order valence-corrected chi connectivity index (χ2v) is 19.0. The molecule has 282 valence electrons. The first kappa shape index (κ1) is 34.5. The largest absolute Gasteiger partial charge is 0.0619 e. The molecule has 9 aromatic carbocycles. The van der Waals surface area contributed by atoms with Gasteiger partial charge < -0.3 is 0 Å². The van der Waals surface area contributed by atoms with Crippen molar-refractivity contribution in [2.45, 2.75) is 57.8 Å². The Morgan fingerprint density at radius 2 is 0.542 bits per heavy atom. The van der Waals surface area contributed by atoms with Crippen LogP contribution in [-0.2, 0) is 16.2 Å². The van der Waals surface area contributed by atoms with Gasteiger partial charge in [-0.05, 0) is 158 Å². The molecule has 0 fully saturated rings. The lowest BCUT2D eigenvalue weighted by atomic mass is 9.80. The van der Waals surface area contributed by atoms with Gasteiger partial charge in [0.2, 0.25) is 0 Å². The van der Waals surface area contributed by atoms with E-state index in [0.29, 0.717) is 0 Å². The Kier molecular flexibility index (Phi) is 6.91. The summed E-state index contributed by atoms with van der Waals surface area (Å²) < 4.78 is 0. The molecule has 0 heteroatoms. The van der Waals surface area contributed by atoms with E-state index in [-0.39, 0.29) is 16.2 Å². The van der Waals surface area contributed by atoms with E-state index in [9.17, 15) is 0 Å². The van der Waals surface area contributed by atoms with Crippen LogP contribution in [0.25, 0.3) is 88.3 Å². The van der Waals surface area contributed by atoms with E-state index in [1.54, 1.807) is 0 Å². The summed E-state index contributed by atoms with van der Waals surface area (Å²) >= 11 is 0. The number of rotatable bonds is 4. The molecule has 0 unspecified atom stereocenters. The van der Waals surface area contributed by atoms with Gasteiger partial charge in [-0.1, -0.05) is 175 Å². The van der Waals surface area contributed by atoms with Gasteiger partial charge in [-0.3, -0.25) is 0 Å². The van der Waals surface area contributed by atoms with E-state index >= 15 is 0 Å². The van der Waals surface area contributed by atoms with Crippen LogP contribution in [0.2, 0.25) is 0 Å². The van der Waals surface area contributed by atoms with Crippen LogP contribution >= 0.6 is 0 Å². The van der Waals surface area contributed by atoms with E-state index in [0.717, 1.165) is 0 Å². The van der Waals surface area contributed by atoms with Crippen molar-refractivity contribution in [3.63, 3.8) is 0 Å². The molecule has 0 saturated carbocycles. The summed E-state index contributed by atoms with van der Waals surface area (Å²) in [5.74, 6) is 0. The minimum atomic E-state index is -0.129. The van der Waals surface area contributed by atoms with Gasteiger partial charge >= 0.3 is 0 Å². The van der Waals surface area contributed by atoms with Gasteiger partial charge in [-0.25, -0.2) is 0 Å². The van der Waals surface area contributed by atoms with Gasteiger partial charge in [-0.2, -0.15) is 0 Å². The molecule has 59 heavy (non-hydrogen) atoms. The number of hydrogen-bond donors (Lipinski definition) is 0. The third-order valence-electron chi connectivity index (χ3n) is 14.6. The van der Waals surface area contributed by atoms with Crippen LogP contribution in [0, 0.1) is 0 Å². The molecule has 0 radical (unpaired) electrons. The van der Waals surface area contributed by atoms with Gasteiger partial charge in [0.15, 0.2) is 0 Å². The van der Waals surface area contributed by atoms with Crippen molar-refractivity contribution in [2.24, 2.45) is 0 Å². The third kappa shape index (κ3) is 4.78. The SMILES string of the molecule is CC1(C)c2ccccc2-c2ccc(-c3ccc(-c4cc5c6c(ccc7cc(-c8ccc(-c9ccc%10c(c9)C(C)(C)c9ccccc9-%10)cc8)cc(c76)C5(C)C)c4)cc3)cc21. The van der Waals surface area contributed by atoms with Gasteiger partial charge in [0.1, 0.15) is 0 Å². The fourth-order valence-corrected chi connectivity index (χ4v) is 11.3. The third-order valence-corrected chi connectivity index (χ3v) is 14.6. The van der Waals surface area contributed by atoms with Gasteiger partial charge in [-0.15, -0.1) is 0 Å². The molecule has 3 aliphatic rings. The molecule has 12 rings (SSSR count). The summed E-state index contributed by atoms with van der Waals surface area (Å²) in [4.78, 5) is 0. The van der Waals surface area contributed by atoms with Crippen LogP contribution in [0.5, 0.6) is 0 Å². The maximum atomic E-state index is 2.47. The molecule has 0 aliphatic heterocycles. The predicted octanol–water partition coefficient (Wildman–Crippen LogP) is 15.9. The van der Waals surface area contributed by atoms with Crippen molar-refractivity contribution in [1.82, 2.24) is 0 Å². The molecular formula is C59H46. The first-order valence-electron chi connectivity index (χ1n) is 21.2. The molecule has 0 bridgehead atoms. The van der Waals surface area contributed by atoms with E-state index in [2.05, 4.69) is 211 Å². The monoisotopic (exact) mass is 754 g/mol. The van der Waals surface area contributed by atoms with Crippen molar-refractivity contribution in [1.29, 1.82) is 0 Å². The fraction of sp³-hybridized carbons (Fsp3) is 0.153. The van der Waals surface area contributed by atoms with E-state index in [4.69, 9.17) is 0 Å². The highest BCUT2D eigenvalue weighted by molar-refractivity contribution is 6.16. The summed E-state index contributed by atoms with van der Waals surface area (Å²) in [5, 5.41) is 5.46. The Morgan fingerprint density at radius 1 is 0.237 bits per heavy atom. The molecule has 0 atom stereocenters. The molecule has 0 amide bonds. The van der Waals surface area contributed by atoms with E-state index < -0.39 is 0 Å². The average molecular weight is 755 g/mol. The molecule has 3 aliphatic carbocycles. The lowest BCUT2D eigenvalue weighted by Crippen LogP contribution is -2.15. The molecule has 0 nitrogen and oxygen atoms in total. The van der Waals surface area contributed by atoms with Gasteiger partial charge in [0, 0.05) is 16.2 Å². The minimum absolute atomic E-state index is 0.00814. The Labute approximate surface area is 347 Å². The molecule has 0 aromatic heterocycles. The van der Waals surface area contributed by atoms with Crippen LogP contribution in [0.3, 0.4) is 0 Å². The lowest BCUT2D eigenvalue weighted by molar-refractivity contribution is 0.660. The summed E-state index contributed by atoms with van der Waals surface area (Å²) in [6.07, 6.45) is 0. The van der Waals surface area contributed by atoms with Crippen molar-refractivity contribution < 1.29 is 0 Å². The maximum absolute atomic E-state index is 2.47. The lowest BCUT2D eigenvalue weighted by Gasteiger charge is -2.23. The highest BCUT2D eigenvalue weighted by Gasteiger charge is 2.37. The first-order chi connectivity index (χ1) is 28.5. The summed E-state index contributed by atoms with van der Waals surface area (Å²) in [7, 11) is 0. The smallest absolute Gasteiger partial charge is 0.0159 e. The molecule has 0 saturated heterocycles. The molecule has 0 heterocycles. The second kappa shape index (κ2) is 11.8. The van der Waals surface area contributed by atoms with Crippen LogP contribution in [0.15, 0.2) is 170 Å². The predicted molar refractivity (Wildman–Crippen MR) is 250 cm³/mol. The van der Waals surface area contributed by atoms with Crippen LogP contribution in [0.4, 0.5) is 0 Å². The minimum Gasteiger partial charge on any atom is -0.0619 e. The zero-order chi connectivity index (χ0) is 40.0. The van der Waals surface area contributed by atoms with E-state index in [1.165, 1.54) is 122 Å². The molecule has 0 spiro atoms. The van der Waals surface area contributed by atoms with Crippen LogP contribution in [0.1, 0.15) is 74.9 Å². The molecule has 0 N–H and O–H groups in total. The zero-order valence-corrected chi connectivity index (χ0v) is 34.7. The highest BCUT2D eigenvalue weighted by atomic mass is 14.4. The Balaban J connectivity index is 0.855. The van der Waals surface area contributed by atoms with Crippen molar-refractivity contribution in [3.05, 3.63) is 203 Å². The normalized spacial score (nSPS) is 15.7. The molecular weight excluding hydrogens is 709 g/mol. The Hall–Kier alpha value is -6.50. The number of fused-ring (bicyclic) bond motifs is 6. The van der Waals surface area contributed by atoms with Crippen molar-refractivity contribution in [2.75, 3.05) is 0 Å². The Morgan fingerprint density at radius 3 is 0.949 bits per heavy atom. The standard InChI is InChI=1S/C59H46/c1-57(2)49-13-9-7-11-45(49)47-27-25-39(31-51(47)57)35-15-19-37(20-16-35)43-29-41-23-24-42-30-44(34-54-56(42)55(41)53(33-43)59(54,5)6)38-21-17-36(18-22-38)40-26-28-48-46-12-8-10-14-50(46)58(3,4)52(48)32-40/h7-34H,1-6H3. The highest BCUT2D eigenvalue weighted by Crippen LogP contribution is 2.53. The number of benzene rings is 9. The maximum Gasteiger partial charge on any atom is 0.0159 e. The first-order valence-corrected chi connectivity index (χ1v) is 21.2. The van der Waals surface area contributed by atoms with Crippen LogP contribution in [-0.4, -0.2) is 0 Å². The average Bonchev–Trinajstić information content (AvgIpc) is 3.75. The van der Waals surface area contributed by atoms with E-state index in [1.807, 2.05) is 0 Å². The second-order valence-electron chi connectivity index (χ2n) is 19.0. The number of hydrogen-bond acceptors (Lipinski definition) is 0. The van der Waals surface area contributed by atoms with Crippen LogP contribution < -0.4 is 0 Å². The quantitative estimate of drug-likeness (QED) is 0.157. The zero-order valence-electron chi connectivity index (χ0n) is 34.7. The summed E-state index contributed by atoms with van der Waals surface area (Å²) in [6.45, 7) is 14.3. The summed E-state index contributed by atoms with van der Waals surface area (Å²) in [5.41, 5.74) is 24.0. The topological polar surface area (TPSA) is 0 Å². The van der Waals surface area contributed by atoms with Crippen molar-refractivity contribution in [3.8, 4) is 66.8 Å². The molecule has 9 aromatic rings. The fourth-order valence-electron chi connectivity index (χ4n) is 11.3. The van der Waals surface area contributed by atoms with Crippen molar-refractivity contribution >= 4 is 21.5 Å².